The Morgan fingerprint density at radius 2 is 2.00 bits per heavy atom. The van der Waals surface area contributed by atoms with Crippen LogP contribution in [-0.4, -0.2) is 20.9 Å². The average molecular weight is 429 g/mol. The molecular weight excluding hydrogens is 408 g/mol. The van der Waals surface area contributed by atoms with Gasteiger partial charge in [0, 0.05) is 27.5 Å². The fraction of sp³-hybridized carbons (Fsp3) is 0.350. The average Bonchev–Trinajstić information content (AvgIpc) is 2.94. The van der Waals surface area contributed by atoms with Crippen molar-refractivity contribution in [2.75, 3.05) is 0 Å². The number of hydrogen-bond acceptors (Lipinski definition) is 3. The van der Waals surface area contributed by atoms with E-state index < -0.39 is 11.2 Å². The minimum Gasteiger partial charge on any atom is -0.349 e. The van der Waals surface area contributed by atoms with Crippen molar-refractivity contribution in [2.45, 2.75) is 27.2 Å². The Bertz CT molecular complexity index is 1210. The van der Waals surface area contributed by atoms with E-state index in [1.54, 1.807) is 6.21 Å². The fourth-order valence-corrected chi connectivity index (χ4v) is 4.49. The van der Waals surface area contributed by atoms with Crippen molar-refractivity contribution in [3.05, 3.63) is 55.2 Å². The van der Waals surface area contributed by atoms with E-state index in [-0.39, 0.29) is 5.92 Å². The van der Waals surface area contributed by atoms with Crippen molar-refractivity contribution in [1.82, 2.24) is 14.6 Å². The van der Waals surface area contributed by atoms with Crippen LogP contribution in [0.15, 0.2) is 49.0 Å². The van der Waals surface area contributed by atoms with Crippen LogP contribution in [0.25, 0.3) is 21.9 Å². The Labute approximate surface area is 164 Å². The molecule has 0 unspecified atom stereocenters. The smallest absolute Gasteiger partial charge is 0.349 e. The Morgan fingerprint density at radius 3 is 2.74 bits per heavy atom. The zero-order chi connectivity index (χ0) is 19.3. The van der Waals surface area contributed by atoms with Gasteiger partial charge in [-0.25, -0.2) is 4.79 Å². The molecule has 0 fully saturated rings. The van der Waals surface area contributed by atoms with Crippen LogP contribution in [0, 0.1) is 17.8 Å². The molecule has 6 nitrogen and oxygen atoms in total. The number of allylic oxidation sites excluding steroid dienone is 2. The number of aromatic nitrogens is 3. The normalized spacial score (nSPS) is 23.4. The van der Waals surface area contributed by atoms with E-state index in [0.29, 0.717) is 22.9 Å². The molecule has 4 rings (SSSR count). The van der Waals surface area contributed by atoms with Crippen LogP contribution in [0.2, 0.25) is 0 Å². The van der Waals surface area contributed by atoms with Crippen LogP contribution < -0.4 is 11.2 Å². The number of aromatic amines is 2. The molecule has 0 saturated carbocycles. The van der Waals surface area contributed by atoms with Crippen LogP contribution in [0.4, 0.5) is 0 Å². The van der Waals surface area contributed by atoms with E-state index in [9.17, 15) is 9.59 Å². The lowest BCUT2D eigenvalue weighted by molar-refractivity contribution is 0.361. The summed E-state index contributed by atoms with van der Waals surface area (Å²) in [6, 6.07) is 5.62. The van der Waals surface area contributed by atoms with Crippen LogP contribution in [0.1, 0.15) is 27.2 Å². The molecule has 1 aliphatic carbocycles. The second-order valence-corrected chi connectivity index (χ2v) is 8.42. The molecule has 0 radical (unpaired) electrons. The van der Waals surface area contributed by atoms with Gasteiger partial charge < -0.3 is 9.97 Å². The van der Waals surface area contributed by atoms with Crippen molar-refractivity contribution in [2.24, 2.45) is 22.9 Å². The number of nitrogens with one attached hydrogen (secondary N) is 2. The summed E-state index contributed by atoms with van der Waals surface area (Å²) in [6.07, 6.45) is 4.99. The van der Waals surface area contributed by atoms with Gasteiger partial charge in [-0.1, -0.05) is 41.4 Å². The highest BCUT2D eigenvalue weighted by molar-refractivity contribution is 9.10. The molecule has 0 amide bonds. The number of H-pyrrole nitrogens is 2. The van der Waals surface area contributed by atoms with Crippen LogP contribution in [-0.2, 0) is 0 Å². The predicted molar refractivity (Wildman–Crippen MR) is 112 cm³/mol. The van der Waals surface area contributed by atoms with E-state index in [4.69, 9.17) is 0 Å². The molecule has 0 aliphatic heterocycles. The van der Waals surface area contributed by atoms with Gasteiger partial charge in [-0.3, -0.25) is 4.79 Å². The molecule has 1 aromatic carbocycles. The van der Waals surface area contributed by atoms with Crippen molar-refractivity contribution in [3.8, 4) is 0 Å². The lowest BCUT2D eigenvalue weighted by atomic mass is 9.76. The number of fused-ring (bicyclic) bond motifs is 3. The third kappa shape index (κ3) is 3.10. The van der Waals surface area contributed by atoms with Crippen LogP contribution in [0.5, 0.6) is 0 Å². The van der Waals surface area contributed by atoms with Crippen molar-refractivity contribution < 1.29 is 0 Å². The zero-order valence-electron chi connectivity index (χ0n) is 15.4. The summed E-state index contributed by atoms with van der Waals surface area (Å²) in [5, 5.41) is 5.06. The second kappa shape index (κ2) is 6.64. The maximum Gasteiger partial charge on any atom is 0.350 e. The third-order valence-corrected chi connectivity index (χ3v) is 5.89. The Hall–Kier alpha value is -2.41. The second-order valence-electron chi connectivity index (χ2n) is 7.51. The molecule has 27 heavy (non-hydrogen) atoms. The van der Waals surface area contributed by atoms with Gasteiger partial charge in [0.2, 0.25) is 0 Å². The topological polar surface area (TPSA) is 83.0 Å². The Morgan fingerprint density at radius 1 is 1.22 bits per heavy atom. The quantitative estimate of drug-likeness (QED) is 0.477. The third-order valence-electron chi connectivity index (χ3n) is 5.40. The number of benzene rings is 1. The van der Waals surface area contributed by atoms with Gasteiger partial charge in [-0.15, -0.1) is 4.68 Å². The van der Waals surface area contributed by atoms with Crippen LogP contribution in [0.3, 0.4) is 0 Å². The first-order chi connectivity index (χ1) is 12.8. The minimum absolute atomic E-state index is 0.189. The molecule has 1 aliphatic rings. The highest BCUT2D eigenvalue weighted by Crippen LogP contribution is 2.32. The van der Waals surface area contributed by atoms with E-state index >= 15 is 0 Å². The lowest BCUT2D eigenvalue weighted by Gasteiger charge is -2.29. The molecule has 3 atom stereocenters. The summed E-state index contributed by atoms with van der Waals surface area (Å²) in [6.45, 7) is 6.45. The summed E-state index contributed by atoms with van der Waals surface area (Å²) < 4.78 is 1.79. The molecule has 2 aromatic heterocycles. The van der Waals surface area contributed by atoms with Gasteiger partial charge in [0.15, 0.2) is 0 Å². The molecule has 0 bridgehead atoms. The van der Waals surface area contributed by atoms with Gasteiger partial charge in [0.1, 0.15) is 5.52 Å². The predicted octanol–water partition coefficient (Wildman–Crippen LogP) is 4.01. The Balaban J connectivity index is 1.82. The zero-order valence-corrected chi connectivity index (χ0v) is 17.0. The minimum atomic E-state index is -0.535. The van der Waals surface area contributed by atoms with Gasteiger partial charge in [-0.2, -0.15) is 5.10 Å². The van der Waals surface area contributed by atoms with Gasteiger partial charge >= 0.3 is 11.2 Å². The lowest BCUT2D eigenvalue weighted by Crippen LogP contribution is -2.33. The van der Waals surface area contributed by atoms with Crippen molar-refractivity contribution in [3.63, 3.8) is 0 Å². The molecular formula is C20H21BrN4O2. The SMILES string of the molecule is CC1=C[C@@H](C)[C@H](/C=N\n2c(=O)[nH]c3c([nH]c4ccc(Br)cc43)c2=O)[C@@H](C)C1. The molecule has 7 heteroatoms. The van der Waals surface area contributed by atoms with Crippen LogP contribution >= 0.6 is 15.9 Å². The highest BCUT2D eigenvalue weighted by atomic mass is 79.9. The van der Waals surface area contributed by atoms with Gasteiger partial charge in [0.25, 0.3) is 0 Å². The molecule has 0 saturated heterocycles. The number of nitrogens with zero attached hydrogens (tertiary/aromatic N) is 2. The summed E-state index contributed by atoms with van der Waals surface area (Å²) in [5.74, 6) is 0.925. The van der Waals surface area contributed by atoms with Crippen molar-refractivity contribution in [1.29, 1.82) is 0 Å². The van der Waals surface area contributed by atoms with E-state index in [1.165, 1.54) is 5.57 Å². The summed E-state index contributed by atoms with van der Waals surface area (Å²) >= 11 is 3.42. The maximum atomic E-state index is 12.9. The first kappa shape index (κ1) is 18.0. The molecule has 2 N–H and O–H groups in total. The molecule has 140 valence electrons. The molecule has 0 spiro atoms. The standard InChI is InChI=1S/C20H21BrN4O2/c1-10-6-11(2)15(12(3)7-10)9-22-25-19(26)18-17(24-20(25)27)14-8-13(21)4-5-16(14)23-18/h4-6,8-9,11-12,15,23H,7H2,1-3H3,(H,24,27)/b22-9-/t11-,12+,15+/m1/s1. The molecule has 3 aromatic rings. The molecule has 2 heterocycles. The number of halogens is 1. The first-order valence-electron chi connectivity index (χ1n) is 9.03. The Kier molecular flexibility index (Phi) is 4.42. The highest BCUT2D eigenvalue weighted by Gasteiger charge is 2.25. The largest absolute Gasteiger partial charge is 0.350 e. The summed E-state index contributed by atoms with van der Waals surface area (Å²) in [7, 11) is 0. The maximum absolute atomic E-state index is 12.9. The van der Waals surface area contributed by atoms with E-state index in [2.05, 4.69) is 57.8 Å². The first-order valence-corrected chi connectivity index (χ1v) is 9.82. The fourth-order valence-electron chi connectivity index (χ4n) is 4.13. The monoisotopic (exact) mass is 428 g/mol. The van der Waals surface area contributed by atoms with E-state index in [1.807, 2.05) is 18.2 Å². The van der Waals surface area contributed by atoms with Gasteiger partial charge in [-0.05, 0) is 43.4 Å². The number of rotatable bonds is 2. The van der Waals surface area contributed by atoms with Crippen molar-refractivity contribution >= 4 is 44.1 Å². The summed E-state index contributed by atoms with van der Waals surface area (Å²) in [5.41, 5.74) is 2.04. The van der Waals surface area contributed by atoms with Gasteiger partial charge in [0.05, 0.1) is 5.52 Å². The summed E-state index contributed by atoms with van der Waals surface area (Å²) in [4.78, 5) is 31.3. The number of hydrogen-bond donors (Lipinski definition) is 2. The van der Waals surface area contributed by atoms with E-state index in [0.717, 1.165) is 26.5 Å².